The van der Waals surface area contributed by atoms with Crippen LogP contribution in [0.5, 0.6) is 0 Å². The third kappa shape index (κ3) is 2.94. The normalized spacial score (nSPS) is 10.1. The van der Waals surface area contributed by atoms with Crippen molar-refractivity contribution in [3.8, 4) is 0 Å². The lowest BCUT2D eigenvalue weighted by molar-refractivity contribution is 0.622. The monoisotopic (exact) mass is 295 g/mol. The Hall–Kier alpha value is -1.62. The van der Waals surface area contributed by atoms with E-state index in [0.29, 0.717) is 10.2 Å². The van der Waals surface area contributed by atoms with Crippen molar-refractivity contribution >= 4 is 33.1 Å². The lowest BCUT2D eigenvalue weighted by Crippen LogP contribution is -1.95. The van der Waals surface area contributed by atoms with Crippen LogP contribution in [0.1, 0.15) is 0 Å². The number of nitrogens with zero attached hydrogens (tertiary/aromatic N) is 1. The summed E-state index contributed by atoms with van der Waals surface area (Å²) >= 11 is 3.11. The zero-order valence-corrected chi connectivity index (χ0v) is 10.8. The first-order valence-corrected chi connectivity index (χ1v) is 5.84. The average molecular weight is 296 g/mol. The zero-order valence-electron chi connectivity index (χ0n) is 9.17. The molecule has 1 aromatic heterocycles. The molecule has 0 fully saturated rings. The van der Waals surface area contributed by atoms with Crippen LogP contribution < -0.4 is 10.6 Å². The molecule has 2 N–H and O–H groups in total. The number of benzene rings is 1. The summed E-state index contributed by atoms with van der Waals surface area (Å²) in [5.74, 6) is 0.463. The molecule has 0 unspecified atom stereocenters. The zero-order chi connectivity index (χ0) is 12.3. The first-order chi connectivity index (χ1) is 8.19. The summed E-state index contributed by atoms with van der Waals surface area (Å²) in [5.41, 5.74) is 1.55. The summed E-state index contributed by atoms with van der Waals surface area (Å²) in [4.78, 5) is 4.10. The highest BCUT2D eigenvalue weighted by Crippen LogP contribution is 2.23. The Kier molecular flexibility index (Phi) is 3.58. The molecular weight excluding hydrogens is 285 g/mol. The van der Waals surface area contributed by atoms with Crippen molar-refractivity contribution in [2.45, 2.75) is 0 Å². The van der Waals surface area contributed by atoms with E-state index in [2.05, 4.69) is 31.5 Å². The van der Waals surface area contributed by atoms with Gasteiger partial charge in [0.2, 0.25) is 0 Å². The Bertz CT molecular complexity index is 531. The highest BCUT2D eigenvalue weighted by molar-refractivity contribution is 9.10. The number of hydrogen-bond donors (Lipinski definition) is 2. The molecule has 0 spiro atoms. The van der Waals surface area contributed by atoms with Crippen LogP contribution in [0.25, 0.3) is 0 Å². The molecule has 0 radical (unpaired) electrons. The van der Waals surface area contributed by atoms with Gasteiger partial charge in [0.05, 0.1) is 4.47 Å². The third-order valence-corrected chi connectivity index (χ3v) is 2.87. The molecule has 1 heterocycles. The first kappa shape index (κ1) is 11.9. The van der Waals surface area contributed by atoms with Gasteiger partial charge in [-0.05, 0) is 40.2 Å². The molecule has 0 aliphatic rings. The van der Waals surface area contributed by atoms with E-state index in [1.165, 1.54) is 6.07 Å². The minimum Gasteiger partial charge on any atom is -0.373 e. The number of nitrogens with one attached hydrogen (secondary N) is 2. The van der Waals surface area contributed by atoms with Gasteiger partial charge in [0, 0.05) is 30.7 Å². The van der Waals surface area contributed by atoms with Gasteiger partial charge >= 0.3 is 0 Å². The minimum absolute atomic E-state index is 0.294. The largest absolute Gasteiger partial charge is 0.373 e. The Balaban J connectivity index is 2.22. The molecule has 5 heteroatoms. The predicted octanol–water partition coefficient (Wildman–Crippen LogP) is 3.77. The van der Waals surface area contributed by atoms with E-state index in [1.54, 1.807) is 25.4 Å². The quantitative estimate of drug-likeness (QED) is 0.905. The van der Waals surface area contributed by atoms with Crippen LogP contribution >= 0.6 is 15.9 Å². The number of aromatic nitrogens is 1. The number of rotatable bonds is 3. The molecule has 2 rings (SSSR count). The van der Waals surface area contributed by atoms with Gasteiger partial charge in [-0.1, -0.05) is 0 Å². The van der Waals surface area contributed by atoms with Crippen molar-refractivity contribution in [3.05, 3.63) is 46.8 Å². The van der Waals surface area contributed by atoms with Gasteiger partial charge in [0.25, 0.3) is 0 Å². The van der Waals surface area contributed by atoms with Crippen molar-refractivity contribution in [1.29, 1.82) is 0 Å². The molecule has 1 aromatic carbocycles. The maximum atomic E-state index is 13.3. The molecule has 17 heavy (non-hydrogen) atoms. The van der Waals surface area contributed by atoms with Crippen LogP contribution in [0, 0.1) is 5.82 Å². The van der Waals surface area contributed by atoms with Crippen molar-refractivity contribution in [2.24, 2.45) is 0 Å². The molecule has 0 aliphatic carbocycles. The Morgan fingerprint density at radius 1 is 1.18 bits per heavy atom. The second kappa shape index (κ2) is 5.14. The highest BCUT2D eigenvalue weighted by atomic mass is 79.9. The van der Waals surface area contributed by atoms with E-state index >= 15 is 0 Å². The van der Waals surface area contributed by atoms with Crippen molar-refractivity contribution in [3.63, 3.8) is 0 Å². The molecule has 88 valence electrons. The summed E-state index contributed by atoms with van der Waals surface area (Å²) < 4.78 is 13.8. The summed E-state index contributed by atoms with van der Waals surface area (Å²) in [6.45, 7) is 0. The summed E-state index contributed by atoms with van der Waals surface area (Å²) in [6, 6.07) is 8.56. The maximum absolute atomic E-state index is 13.3. The van der Waals surface area contributed by atoms with Crippen molar-refractivity contribution in [1.82, 2.24) is 4.98 Å². The van der Waals surface area contributed by atoms with Crippen LogP contribution in [-0.2, 0) is 0 Å². The molecule has 2 aromatic rings. The van der Waals surface area contributed by atoms with E-state index in [4.69, 9.17) is 0 Å². The van der Waals surface area contributed by atoms with Crippen LogP contribution in [0.4, 0.5) is 21.6 Å². The Labute approximate surface area is 107 Å². The van der Waals surface area contributed by atoms with E-state index in [-0.39, 0.29) is 5.82 Å². The maximum Gasteiger partial charge on any atom is 0.139 e. The van der Waals surface area contributed by atoms with E-state index in [9.17, 15) is 4.39 Å². The third-order valence-electron chi connectivity index (χ3n) is 2.22. The smallest absolute Gasteiger partial charge is 0.139 e. The fourth-order valence-corrected chi connectivity index (χ4v) is 1.63. The molecule has 0 amide bonds. The van der Waals surface area contributed by atoms with Gasteiger partial charge in [-0.15, -0.1) is 0 Å². The number of anilines is 3. The standard InChI is InChI=1S/C12H11BrFN3/c1-15-12-7-9(4-5-16-12)17-8-2-3-10(13)11(14)6-8/h2-7H,1H3,(H2,15,16,17). The first-order valence-electron chi connectivity index (χ1n) is 5.05. The van der Waals surface area contributed by atoms with Crippen molar-refractivity contribution in [2.75, 3.05) is 17.7 Å². The molecule has 3 nitrogen and oxygen atoms in total. The van der Waals surface area contributed by atoms with E-state index in [1.807, 2.05) is 12.1 Å². The van der Waals surface area contributed by atoms with E-state index < -0.39 is 0 Å². The molecular formula is C12H11BrFN3. The number of pyridine rings is 1. The van der Waals surface area contributed by atoms with Crippen LogP contribution in [0.2, 0.25) is 0 Å². The number of halogens is 2. The Morgan fingerprint density at radius 3 is 2.65 bits per heavy atom. The summed E-state index contributed by atoms with van der Waals surface area (Å²) in [5, 5.41) is 6.05. The highest BCUT2D eigenvalue weighted by Gasteiger charge is 2.01. The van der Waals surface area contributed by atoms with E-state index in [0.717, 1.165) is 11.5 Å². The molecule has 0 aliphatic heterocycles. The lowest BCUT2D eigenvalue weighted by Gasteiger charge is -2.08. The summed E-state index contributed by atoms with van der Waals surface area (Å²) in [6.07, 6.45) is 1.68. The Morgan fingerprint density at radius 2 is 1.94 bits per heavy atom. The van der Waals surface area contributed by atoms with Gasteiger partial charge in [-0.2, -0.15) is 0 Å². The van der Waals surface area contributed by atoms with Crippen LogP contribution in [0.3, 0.4) is 0 Å². The minimum atomic E-state index is -0.294. The average Bonchev–Trinajstić information content (AvgIpc) is 2.34. The van der Waals surface area contributed by atoms with Crippen LogP contribution in [-0.4, -0.2) is 12.0 Å². The fourth-order valence-electron chi connectivity index (χ4n) is 1.39. The SMILES string of the molecule is CNc1cc(Nc2ccc(Br)c(F)c2)ccn1. The predicted molar refractivity (Wildman–Crippen MR) is 71.2 cm³/mol. The topological polar surface area (TPSA) is 37.0 Å². The van der Waals surface area contributed by atoms with Crippen molar-refractivity contribution < 1.29 is 4.39 Å². The van der Waals surface area contributed by atoms with Gasteiger partial charge in [-0.25, -0.2) is 9.37 Å². The van der Waals surface area contributed by atoms with Gasteiger partial charge in [0.1, 0.15) is 11.6 Å². The lowest BCUT2D eigenvalue weighted by atomic mass is 10.3. The number of hydrogen-bond acceptors (Lipinski definition) is 3. The summed E-state index contributed by atoms with van der Waals surface area (Å²) in [7, 11) is 1.80. The second-order valence-corrected chi connectivity index (χ2v) is 4.29. The van der Waals surface area contributed by atoms with Gasteiger partial charge in [0.15, 0.2) is 0 Å². The van der Waals surface area contributed by atoms with Gasteiger partial charge in [-0.3, -0.25) is 0 Å². The molecule has 0 bridgehead atoms. The second-order valence-electron chi connectivity index (χ2n) is 3.43. The molecule has 0 saturated carbocycles. The molecule has 0 atom stereocenters. The van der Waals surface area contributed by atoms with Gasteiger partial charge < -0.3 is 10.6 Å². The van der Waals surface area contributed by atoms with Crippen LogP contribution in [0.15, 0.2) is 41.0 Å². The fraction of sp³-hybridized carbons (Fsp3) is 0.0833. The molecule has 0 saturated heterocycles.